The van der Waals surface area contributed by atoms with Crippen molar-refractivity contribution in [3.05, 3.63) is 0 Å². The predicted octanol–water partition coefficient (Wildman–Crippen LogP) is -0.651. The summed E-state index contributed by atoms with van der Waals surface area (Å²) in [5, 5.41) is 0. The van der Waals surface area contributed by atoms with Gasteiger partial charge >= 0.3 is 0 Å². The van der Waals surface area contributed by atoms with Gasteiger partial charge < -0.3 is 9.80 Å². The lowest BCUT2D eigenvalue weighted by Crippen LogP contribution is -2.53. The Bertz CT molecular complexity index is 512. The lowest BCUT2D eigenvalue weighted by molar-refractivity contribution is -0.141. The number of sulfonamides is 1. The zero-order valence-corrected chi connectivity index (χ0v) is 13.4. The summed E-state index contributed by atoms with van der Waals surface area (Å²) in [7, 11) is -3.18. The highest BCUT2D eigenvalue weighted by atomic mass is 32.2. The van der Waals surface area contributed by atoms with E-state index in [1.807, 2.05) is 0 Å². The number of amides is 2. The first-order valence-corrected chi connectivity index (χ1v) is 9.13. The van der Waals surface area contributed by atoms with E-state index in [4.69, 9.17) is 0 Å². The quantitative estimate of drug-likeness (QED) is 0.678. The van der Waals surface area contributed by atoms with Crippen LogP contribution in [0.5, 0.6) is 0 Å². The number of carbonyl (C=O) groups is 2. The smallest absolute Gasteiger partial charge is 0.227 e. The summed E-state index contributed by atoms with van der Waals surface area (Å²) < 4.78 is 24.3. The molecule has 120 valence electrons. The van der Waals surface area contributed by atoms with Crippen molar-refractivity contribution < 1.29 is 18.0 Å². The van der Waals surface area contributed by atoms with Crippen molar-refractivity contribution in [2.45, 2.75) is 19.8 Å². The number of hydrogen-bond acceptors (Lipinski definition) is 4. The maximum absolute atomic E-state index is 12.5. The summed E-state index contributed by atoms with van der Waals surface area (Å²) in [5.41, 5.74) is 0. The van der Waals surface area contributed by atoms with Crippen LogP contribution in [0.1, 0.15) is 19.8 Å². The number of nitrogens with zero attached hydrogens (tertiary/aromatic N) is 3. The lowest BCUT2D eigenvalue weighted by atomic mass is 9.96. The van der Waals surface area contributed by atoms with Gasteiger partial charge in [0.05, 0.1) is 12.2 Å². The molecule has 0 spiro atoms. The predicted molar refractivity (Wildman–Crippen MR) is 78.0 cm³/mol. The van der Waals surface area contributed by atoms with Crippen LogP contribution in [0, 0.1) is 5.92 Å². The van der Waals surface area contributed by atoms with Crippen LogP contribution >= 0.6 is 0 Å². The molecule has 0 radical (unpaired) electrons. The van der Waals surface area contributed by atoms with Crippen LogP contribution in [0.25, 0.3) is 0 Å². The zero-order valence-electron chi connectivity index (χ0n) is 12.6. The minimum absolute atomic E-state index is 0.00870. The molecule has 0 N–H and O–H groups in total. The van der Waals surface area contributed by atoms with E-state index >= 15 is 0 Å². The molecule has 0 bridgehead atoms. The summed E-state index contributed by atoms with van der Waals surface area (Å²) in [6, 6.07) is 0. The van der Waals surface area contributed by atoms with Gasteiger partial charge in [0.2, 0.25) is 21.8 Å². The molecule has 21 heavy (non-hydrogen) atoms. The molecule has 7 nitrogen and oxygen atoms in total. The lowest BCUT2D eigenvalue weighted by Gasteiger charge is -2.38. The molecule has 0 unspecified atom stereocenters. The third kappa shape index (κ3) is 3.94. The number of rotatable bonds is 2. The Balaban J connectivity index is 1.91. The largest absolute Gasteiger partial charge is 0.342 e. The van der Waals surface area contributed by atoms with Gasteiger partial charge in [-0.3, -0.25) is 9.59 Å². The molecule has 2 saturated heterocycles. The fraction of sp³-hybridized carbons (Fsp3) is 0.846. The molecule has 0 aromatic carbocycles. The topological polar surface area (TPSA) is 78.0 Å². The van der Waals surface area contributed by atoms with Gasteiger partial charge in [0, 0.05) is 46.2 Å². The van der Waals surface area contributed by atoms with Gasteiger partial charge in [0.15, 0.2) is 0 Å². The van der Waals surface area contributed by atoms with Gasteiger partial charge in [0.25, 0.3) is 0 Å². The summed E-state index contributed by atoms with van der Waals surface area (Å²) in [6.07, 6.45) is 2.84. The Hall–Kier alpha value is -1.15. The Morgan fingerprint density at radius 1 is 1.00 bits per heavy atom. The SMILES string of the molecule is CC(=O)N1CCC[C@H](C(=O)N2CCN(S(C)(=O)=O)CC2)C1. The third-order valence-electron chi connectivity index (χ3n) is 4.24. The normalized spacial score (nSPS) is 25.0. The molecule has 2 aliphatic heterocycles. The van der Waals surface area contributed by atoms with Gasteiger partial charge in [-0.05, 0) is 12.8 Å². The van der Waals surface area contributed by atoms with E-state index in [0.717, 1.165) is 19.4 Å². The Morgan fingerprint density at radius 3 is 2.14 bits per heavy atom. The fourth-order valence-corrected chi connectivity index (χ4v) is 3.79. The first-order chi connectivity index (χ1) is 9.79. The molecule has 0 aromatic rings. The van der Waals surface area contributed by atoms with Crippen LogP contribution in [-0.2, 0) is 19.6 Å². The average Bonchev–Trinajstić information content (AvgIpc) is 2.46. The highest BCUT2D eigenvalue weighted by Gasteiger charge is 2.33. The van der Waals surface area contributed by atoms with Crippen molar-refractivity contribution in [1.29, 1.82) is 0 Å². The average molecular weight is 317 g/mol. The molecular formula is C13H23N3O4S. The van der Waals surface area contributed by atoms with Crippen LogP contribution in [0.3, 0.4) is 0 Å². The second kappa shape index (κ2) is 6.31. The fourth-order valence-electron chi connectivity index (χ4n) is 2.96. The van der Waals surface area contributed by atoms with E-state index < -0.39 is 10.0 Å². The zero-order chi connectivity index (χ0) is 15.6. The second-order valence-corrected chi connectivity index (χ2v) is 7.77. The molecule has 0 aromatic heterocycles. The summed E-state index contributed by atoms with van der Waals surface area (Å²) >= 11 is 0. The van der Waals surface area contributed by atoms with Crippen molar-refractivity contribution in [3.8, 4) is 0 Å². The number of carbonyl (C=O) groups excluding carboxylic acids is 2. The second-order valence-electron chi connectivity index (χ2n) is 5.79. The standard InChI is InChI=1S/C13H23N3O4S/c1-11(17)15-5-3-4-12(10-15)13(18)14-6-8-16(9-7-14)21(2,19)20/h12H,3-10H2,1-2H3/t12-/m0/s1. The van der Waals surface area contributed by atoms with Crippen LogP contribution in [0.4, 0.5) is 0 Å². The third-order valence-corrected chi connectivity index (χ3v) is 5.54. The van der Waals surface area contributed by atoms with Gasteiger partial charge in [0.1, 0.15) is 0 Å². The highest BCUT2D eigenvalue weighted by Crippen LogP contribution is 2.20. The number of hydrogen-bond donors (Lipinski definition) is 0. The Labute approximate surface area is 125 Å². The molecule has 0 aliphatic carbocycles. The number of piperidine rings is 1. The monoisotopic (exact) mass is 317 g/mol. The minimum atomic E-state index is -3.18. The van der Waals surface area contributed by atoms with E-state index in [9.17, 15) is 18.0 Å². The molecule has 0 saturated carbocycles. The van der Waals surface area contributed by atoms with Crippen LogP contribution in [0.15, 0.2) is 0 Å². The molecule has 8 heteroatoms. The van der Waals surface area contributed by atoms with Crippen LogP contribution < -0.4 is 0 Å². The van der Waals surface area contributed by atoms with E-state index in [1.165, 1.54) is 17.5 Å². The summed E-state index contributed by atoms with van der Waals surface area (Å²) in [4.78, 5) is 27.4. The van der Waals surface area contributed by atoms with Crippen LogP contribution in [-0.4, -0.2) is 79.9 Å². The molecule has 2 aliphatic rings. The molecule has 2 fully saturated rings. The van der Waals surface area contributed by atoms with E-state index in [0.29, 0.717) is 32.7 Å². The van der Waals surface area contributed by atoms with Crippen molar-refractivity contribution in [3.63, 3.8) is 0 Å². The van der Waals surface area contributed by atoms with Gasteiger partial charge in [-0.25, -0.2) is 8.42 Å². The summed E-state index contributed by atoms with van der Waals surface area (Å²) in [6.45, 7) is 4.31. The maximum Gasteiger partial charge on any atom is 0.227 e. The van der Waals surface area contributed by atoms with Crippen molar-refractivity contribution in [2.75, 3.05) is 45.5 Å². The molecule has 2 amide bonds. The van der Waals surface area contributed by atoms with Gasteiger partial charge in [-0.1, -0.05) is 0 Å². The first-order valence-electron chi connectivity index (χ1n) is 7.28. The highest BCUT2D eigenvalue weighted by molar-refractivity contribution is 7.88. The first kappa shape index (κ1) is 16.2. The van der Waals surface area contributed by atoms with Crippen molar-refractivity contribution >= 4 is 21.8 Å². The Kier molecular flexibility index (Phi) is 4.88. The Morgan fingerprint density at radius 2 is 1.62 bits per heavy atom. The minimum Gasteiger partial charge on any atom is -0.342 e. The van der Waals surface area contributed by atoms with Gasteiger partial charge in [-0.15, -0.1) is 0 Å². The molecule has 2 rings (SSSR count). The van der Waals surface area contributed by atoms with Crippen molar-refractivity contribution in [1.82, 2.24) is 14.1 Å². The number of likely N-dealkylation sites (tertiary alicyclic amines) is 1. The van der Waals surface area contributed by atoms with E-state index in [-0.39, 0.29) is 17.7 Å². The van der Waals surface area contributed by atoms with Crippen LogP contribution in [0.2, 0.25) is 0 Å². The van der Waals surface area contributed by atoms with E-state index in [1.54, 1.807) is 9.80 Å². The van der Waals surface area contributed by atoms with Crippen molar-refractivity contribution in [2.24, 2.45) is 5.92 Å². The molecule has 2 heterocycles. The number of piperazine rings is 1. The summed E-state index contributed by atoms with van der Waals surface area (Å²) in [5.74, 6) is -0.0871. The van der Waals surface area contributed by atoms with E-state index in [2.05, 4.69) is 0 Å². The molecular weight excluding hydrogens is 294 g/mol. The molecule has 1 atom stereocenters. The van der Waals surface area contributed by atoms with Gasteiger partial charge in [-0.2, -0.15) is 4.31 Å². The maximum atomic E-state index is 12.5.